The van der Waals surface area contributed by atoms with Crippen molar-refractivity contribution >= 4 is 34.8 Å². The second kappa shape index (κ2) is 14.7. The molecule has 0 spiro atoms. The normalized spacial score (nSPS) is 10.8. The molecule has 6 aromatic carbocycles. The number of benzene rings is 6. The molecular formula is C43H37N3O3. The van der Waals surface area contributed by atoms with E-state index in [4.69, 9.17) is 0 Å². The van der Waals surface area contributed by atoms with Gasteiger partial charge in [-0.25, -0.2) is 0 Å². The highest BCUT2D eigenvalue weighted by atomic mass is 16.2. The van der Waals surface area contributed by atoms with Crippen molar-refractivity contribution in [2.24, 2.45) is 0 Å². The first-order chi connectivity index (χ1) is 23.7. The molecule has 0 saturated heterocycles. The van der Waals surface area contributed by atoms with Crippen LogP contribution in [0.15, 0.2) is 146 Å². The van der Waals surface area contributed by atoms with Gasteiger partial charge in [0.2, 0.25) is 0 Å². The zero-order valence-electron chi connectivity index (χ0n) is 27.7. The molecule has 0 aromatic heterocycles. The lowest BCUT2D eigenvalue weighted by molar-refractivity contribution is 0.101. The van der Waals surface area contributed by atoms with E-state index in [1.165, 1.54) is 0 Å². The van der Waals surface area contributed by atoms with Crippen LogP contribution in [0.4, 0.5) is 17.1 Å². The summed E-state index contributed by atoms with van der Waals surface area (Å²) in [5, 5.41) is 8.96. The molecule has 6 rings (SSSR count). The van der Waals surface area contributed by atoms with E-state index in [1.54, 1.807) is 0 Å². The standard InChI is InChI=1S/C43H37N3O3/c1-28-4-10-34(11-5-28)41(47)44-37-22-16-31(17-23-37)40(32-18-24-38(25-19-32)45-42(48)35-12-6-29(2)7-13-35)33-20-26-39(27-21-33)46-43(49)36-14-8-30(3)9-15-36/h4-27,40H,1-3H3,(H,44,47)(H,45,48)(H,46,49). The first-order valence-electron chi connectivity index (χ1n) is 16.2. The van der Waals surface area contributed by atoms with E-state index < -0.39 is 0 Å². The van der Waals surface area contributed by atoms with E-state index in [0.717, 1.165) is 33.4 Å². The molecule has 0 atom stereocenters. The largest absolute Gasteiger partial charge is 0.322 e. The van der Waals surface area contributed by atoms with Crippen LogP contribution in [0.5, 0.6) is 0 Å². The Morgan fingerprint density at radius 3 is 0.796 bits per heavy atom. The average molecular weight is 644 g/mol. The number of rotatable bonds is 9. The number of amides is 3. The molecule has 3 amide bonds. The maximum absolute atomic E-state index is 12.8. The number of hydrogen-bond acceptors (Lipinski definition) is 3. The smallest absolute Gasteiger partial charge is 0.255 e. The topological polar surface area (TPSA) is 87.3 Å². The van der Waals surface area contributed by atoms with Crippen molar-refractivity contribution in [1.82, 2.24) is 0 Å². The zero-order valence-corrected chi connectivity index (χ0v) is 27.7. The van der Waals surface area contributed by atoms with E-state index in [1.807, 2.05) is 166 Å². The molecule has 0 unspecified atom stereocenters. The highest BCUT2D eigenvalue weighted by molar-refractivity contribution is 6.05. The van der Waals surface area contributed by atoms with Gasteiger partial charge in [-0.2, -0.15) is 0 Å². The maximum Gasteiger partial charge on any atom is 0.255 e. The minimum absolute atomic E-state index is 0.162. The fraction of sp³-hybridized carbons (Fsp3) is 0.0930. The third-order valence-electron chi connectivity index (χ3n) is 8.45. The van der Waals surface area contributed by atoms with Gasteiger partial charge in [0, 0.05) is 39.7 Å². The summed E-state index contributed by atoms with van der Waals surface area (Å²) >= 11 is 0. The summed E-state index contributed by atoms with van der Waals surface area (Å²) in [7, 11) is 0. The zero-order chi connectivity index (χ0) is 34.3. The van der Waals surface area contributed by atoms with Gasteiger partial charge in [0.05, 0.1) is 0 Å². The highest BCUT2D eigenvalue weighted by Gasteiger charge is 2.18. The number of carbonyl (C=O) groups is 3. The molecule has 3 N–H and O–H groups in total. The van der Waals surface area contributed by atoms with Crippen LogP contribution in [-0.2, 0) is 0 Å². The number of carbonyl (C=O) groups excluding carboxylic acids is 3. The minimum Gasteiger partial charge on any atom is -0.322 e. The van der Waals surface area contributed by atoms with E-state index >= 15 is 0 Å². The molecule has 0 heterocycles. The van der Waals surface area contributed by atoms with Crippen molar-refractivity contribution < 1.29 is 14.4 Å². The van der Waals surface area contributed by atoms with Crippen molar-refractivity contribution in [2.45, 2.75) is 26.7 Å². The van der Waals surface area contributed by atoms with Crippen LogP contribution in [-0.4, -0.2) is 17.7 Å². The average Bonchev–Trinajstić information content (AvgIpc) is 3.11. The third-order valence-corrected chi connectivity index (χ3v) is 8.45. The molecule has 6 heteroatoms. The highest BCUT2D eigenvalue weighted by Crippen LogP contribution is 2.34. The summed E-state index contributed by atoms with van der Waals surface area (Å²) in [6.45, 7) is 5.96. The molecule has 6 nitrogen and oxygen atoms in total. The van der Waals surface area contributed by atoms with Gasteiger partial charge < -0.3 is 16.0 Å². The van der Waals surface area contributed by atoms with Gasteiger partial charge in [-0.15, -0.1) is 0 Å². The molecule has 0 aliphatic carbocycles. The summed E-state index contributed by atoms with van der Waals surface area (Å²) in [5.74, 6) is -0.673. The number of nitrogens with one attached hydrogen (secondary N) is 3. The Labute approximate surface area is 286 Å². The van der Waals surface area contributed by atoms with Gasteiger partial charge in [0.25, 0.3) is 17.7 Å². The summed E-state index contributed by atoms with van der Waals surface area (Å²) < 4.78 is 0. The van der Waals surface area contributed by atoms with Gasteiger partial charge >= 0.3 is 0 Å². The number of hydrogen-bond donors (Lipinski definition) is 3. The monoisotopic (exact) mass is 643 g/mol. The summed E-state index contributed by atoms with van der Waals surface area (Å²) in [5.41, 5.74) is 10.2. The molecule has 242 valence electrons. The van der Waals surface area contributed by atoms with Gasteiger partial charge in [0.15, 0.2) is 0 Å². The van der Waals surface area contributed by atoms with Crippen LogP contribution in [0.1, 0.15) is 70.4 Å². The fourth-order valence-corrected chi connectivity index (χ4v) is 5.58. The lowest BCUT2D eigenvalue weighted by Crippen LogP contribution is -2.13. The van der Waals surface area contributed by atoms with Crippen LogP contribution in [0.25, 0.3) is 0 Å². The Balaban J connectivity index is 1.24. The van der Waals surface area contributed by atoms with Crippen LogP contribution < -0.4 is 16.0 Å². The Bertz CT molecular complexity index is 1820. The Morgan fingerprint density at radius 2 is 0.571 bits per heavy atom. The van der Waals surface area contributed by atoms with Crippen LogP contribution >= 0.6 is 0 Å². The first-order valence-corrected chi connectivity index (χ1v) is 16.2. The van der Waals surface area contributed by atoms with E-state index in [9.17, 15) is 14.4 Å². The van der Waals surface area contributed by atoms with Crippen LogP contribution in [0, 0.1) is 20.8 Å². The van der Waals surface area contributed by atoms with E-state index in [-0.39, 0.29) is 23.6 Å². The minimum atomic E-state index is -0.171. The molecule has 0 fully saturated rings. The van der Waals surface area contributed by atoms with E-state index in [2.05, 4.69) is 16.0 Å². The lowest BCUT2D eigenvalue weighted by Gasteiger charge is -2.20. The van der Waals surface area contributed by atoms with Crippen molar-refractivity contribution in [1.29, 1.82) is 0 Å². The van der Waals surface area contributed by atoms with Crippen LogP contribution in [0.2, 0.25) is 0 Å². The molecule has 49 heavy (non-hydrogen) atoms. The fourth-order valence-electron chi connectivity index (χ4n) is 5.58. The predicted molar refractivity (Wildman–Crippen MR) is 198 cm³/mol. The van der Waals surface area contributed by atoms with Gasteiger partial charge in [-0.3, -0.25) is 14.4 Å². The molecule has 0 aliphatic rings. The molecule has 0 bridgehead atoms. The summed E-state index contributed by atoms with van der Waals surface area (Å²) in [4.78, 5) is 38.5. The van der Waals surface area contributed by atoms with E-state index in [0.29, 0.717) is 33.8 Å². The van der Waals surface area contributed by atoms with Gasteiger partial charge in [-0.05, 0) is 110 Å². The van der Waals surface area contributed by atoms with Crippen molar-refractivity contribution in [3.05, 3.63) is 196 Å². The Hall–Kier alpha value is -6.27. The Kier molecular flexibility index (Phi) is 9.77. The second-order valence-electron chi connectivity index (χ2n) is 12.3. The summed E-state index contributed by atoms with van der Waals surface area (Å²) in [6, 6.07) is 45.9. The van der Waals surface area contributed by atoms with Crippen molar-refractivity contribution in [3.63, 3.8) is 0 Å². The molecule has 0 radical (unpaired) electrons. The maximum atomic E-state index is 12.8. The first kappa shape index (κ1) is 32.7. The molecule has 6 aromatic rings. The van der Waals surface area contributed by atoms with Crippen LogP contribution in [0.3, 0.4) is 0 Å². The Morgan fingerprint density at radius 1 is 0.347 bits per heavy atom. The molecule has 0 saturated carbocycles. The molecule has 0 aliphatic heterocycles. The molecular weight excluding hydrogens is 606 g/mol. The van der Waals surface area contributed by atoms with Gasteiger partial charge in [-0.1, -0.05) is 89.5 Å². The quantitative estimate of drug-likeness (QED) is 0.137. The van der Waals surface area contributed by atoms with Crippen molar-refractivity contribution in [2.75, 3.05) is 16.0 Å². The lowest BCUT2D eigenvalue weighted by atomic mass is 9.85. The predicted octanol–water partition coefficient (Wildman–Crippen LogP) is 9.55. The number of anilines is 3. The number of aryl methyl sites for hydroxylation is 3. The second-order valence-corrected chi connectivity index (χ2v) is 12.3. The third kappa shape index (κ3) is 8.18. The summed E-state index contributed by atoms with van der Waals surface area (Å²) in [6.07, 6.45) is 0. The SMILES string of the molecule is Cc1ccc(C(=O)Nc2ccc(C(c3ccc(NC(=O)c4ccc(C)cc4)cc3)c3ccc(NC(=O)c4ccc(C)cc4)cc3)cc2)cc1. The van der Waals surface area contributed by atoms with Gasteiger partial charge in [0.1, 0.15) is 0 Å². The van der Waals surface area contributed by atoms with Crippen molar-refractivity contribution in [3.8, 4) is 0 Å².